The van der Waals surface area contributed by atoms with Crippen LogP contribution in [0.4, 0.5) is 4.39 Å². The zero-order valence-electron chi connectivity index (χ0n) is 14.0. The topological polar surface area (TPSA) is 50.7 Å². The van der Waals surface area contributed by atoms with Crippen LogP contribution in [-0.4, -0.2) is 24.9 Å². The lowest BCUT2D eigenvalue weighted by Gasteiger charge is -2.15. The van der Waals surface area contributed by atoms with Gasteiger partial charge in [0.2, 0.25) is 0 Å². The van der Waals surface area contributed by atoms with Crippen LogP contribution in [0.25, 0.3) is 0 Å². The molecule has 136 valence electrons. The quantitative estimate of drug-likeness (QED) is 0.712. The predicted octanol–water partition coefficient (Wildman–Crippen LogP) is 4.19. The van der Waals surface area contributed by atoms with E-state index in [1.54, 1.807) is 19.1 Å². The molecular weight excluding hydrogens is 368 g/mol. The van der Waals surface area contributed by atoms with E-state index in [0.29, 0.717) is 35.2 Å². The fourth-order valence-corrected chi connectivity index (χ4v) is 2.74. The normalized spacial score (nSPS) is 12.1. The van der Waals surface area contributed by atoms with Gasteiger partial charge in [-0.3, -0.25) is 0 Å². The average Bonchev–Trinajstić information content (AvgIpc) is 2.54. The van der Waals surface area contributed by atoms with Crippen molar-refractivity contribution in [2.24, 2.45) is 0 Å². The molecule has 1 atom stereocenters. The van der Waals surface area contributed by atoms with E-state index < -0.39 is 11.9 Å². The number of nitrogens with one attached hydrogen (secondary N) is 1. The maximum absolute atomic E-state index is 13.1. The van der Waals surface area contributed by atoms with Gasteiger partial charge in [0.25, 0.3) is 0 Å². The van der Waals surface area contributed by atoms with Crippen LogP contribution in [0.2, 0.25) is 10.0 Å². The van der Waals surface area contributed by atoms with E-state index in [0.717, 1.165) is 5.56 Å². The van der Waals surface area contributed by atoms with E-state index in [9.17, 15) is 9.50 Å². The number of halogens is 3. The number of rotatable bonds is 8. The molecule has 0 saturated heterocycles. The molecule has 2 rings (SSSR count). The SMILES string of the molecule is COc1cc(CNC[C@H](C)O)cc(Cl)c1OCc1ccc(F)cc1Cl. The summed E-state index contributed by atoms with van der Waals surface area (Å²) in [6, 6.07) is 7.69. The molecule has 2 aromatic rings. The first kappa shape index (κ1) is 19.8. The molecule has 0 spiro atoms. The second-order valence-corrected chi connectivity index (χ2v) is 6.43. The van der Waals surface area contributed by atoms with Crippen LogP contribution < -0.4 is 14.8 Å². The van der Waals surface area contributed by atoms with Gasteiger partial charge in [0.1, 0.15) is 12.4 Å². The Bertz CT molecular complexity index is 726. The number of hydrogen-bond donors (Lipinski definition) is 2. The van der Waals surface area contributed by atoms with Crippen molar-refractivity contribution in [2.45, 2.75) is 26.2 Å². The highest BCUT2D eigenvalue weighted by Crippen LogP contribution is 2.37. The van der Waals surface area contributed by atoms with Crippen molar-refractivity contribution in [1.29, 1.82) is 0 Å². The van der Waals surface area contributed by atoms with Gasteiger partial charge in [-0.15, -0.1) is 0 Å². The summed E-state index contributed by atoms with van der Waals surface area (Å²) < 4.78 is 24.2. The Morgan fingerprint density at radius 3 is 2.60 bits per heavy atom. The minimum absolute atomic E-state index is 0.134. The summed E-state index contributed by atoms with van der Waals surface area (Å²) in [5, 5.41) is 13.1. The fourth-order valence-electron chi connectivity index (χ4n) is 2.23. The van der Waals surface area contributed by atoms with Crippen molar-refractivity contribution >= 4 is 23.2 Å². The lowest BCUT2D eigenvalue weighted by Crippen LogP contribution is -2.23. The van der Waals surface area contributed by atoms with Crippen molar-refractivity contribution in [3.8, 4) is 11.5 Å². The predicted molar refractivity (Wildman–Crippen MR) is 97.1 cm³/mol. The molecule has 0 unspecified atom stereocenters. The molecule has 0 amide bonds. The number of benzene rings is 2. The molecule has 0 aliphatic rings. The van der Waals surface area contributed by atoms with Gasteiger partial charge in [-0.05, 0) is 36.8 Å². The maximum atomic E-state index is 13.1. The van der Waals surface area contributed by atoms with Crippen LogP contribution in [-0.2, 0) is 13.2 Å². The molecule has 25 heavy (non-hydrogen) atoms. The van der Waals surface area contributed by atoms with Gasteiger partial charge in [-0.1, -0.05) is 29.3 Å². The first-order valence-electron chi connectivity index (χ1n) is 7.72. The summed E-state index contributed by atoms with van der Waals surface area (Å²) in [5.74, 6) is 0.474. The van der Waals surface area contributed by atoms with Crippen molar-refractivity contribution in [3.05, 3.63) is 57.3 Å². The highest BCUT2D eigenvalue weighted by Gasteiger charge is 2.13. The number of aliphatic hydroxyl groups excluding tert-OH is 1. The zero-order chi connectivity index (χ0) is 18.4. The lowest BCUT2D eigenvalue weighted by molar-refractivity contribution is 0.191. The van der Waals surface area contributed by atoms with Crippen LogP contribution in [0.1, 0.15) is 18.1 Å². The second kappa shape index (κ2) is 9.25. The zero-order valence-corrected chi connectivity index (χ0v) is 15.5. The molecular formula is C18H20Cl2FNO3. The lowest BCUT2D eigenvalue weighted by atomic mass is 10.2. The van der Waals surface area contributed by atoms with Crippen LogP contribution in [0, 0.1) is 5.82 Å². The molecule has 7 heteroatoms. The Kier molecular flexibility index (Phi) is 7.32. The second-order valence-electron chi connectivity index (χ2n) is 5.61. The van der Waals surface area contributed by atoms with Crippen molar-refractivity contribution in [3.63, 3.8) is 0 Å². The van der Waals surface area contributed by atoms with Gasteiger partial charge >= 0.3 is 0 Å². The highest BCUT2D eigenvalue weighted by molar-refractivity contribution is 6.32. The third kappa shape index (κ3) is 5.75. The molecule has 0 fully saturated rings. The Morgan fingerprint density at radius 1 is 1.20 bits per heavy atom. The van der Waals surface area contributed by atoms with E-state index in [2.05, 4.69) is 5.32 Å². The minimum atomic E-state index is -0.430. The maximum Gasteiger partial charge on any atom is 0.180 e. The average molecular weight is 388 g/mol. The van der Waals surface area contributed by atoms with E-state index >= 15 is 0 Å². The molecule has 0 heterocycles. The van der Waals surface area contributed by atoms with Gasteiger partial charge in [0.15, 0.2) is 11.5 Å². The number of hydrogen-bond acceptors (Lipinski definition) is 4. The van der Waals surface area contributed by atoms with E-state index in [1.165, 1.54) is 19.2 Å². The van der Waals surface area contributed by atoms with Crippen LogP contribution in [0.5, 0.6) is 11.5 Å². The largest absolute Gasteiger partial charge is 0.493 e. The van der Waals surface area contributed by atoms with Gasteiger partial charge in [0.05, 0.1) is 23.3 Å². The van der Waals surface area contributed by atoms with Crippen molar-refractivity contribution < 1.29 is 19.0 Å². The Hall–Kier alpha value is -1.53. The molecule has 0 bridgehead atoms. The summed E-state index contributed by atoms with van der Waals surface area (Å²) in [5.41, 5.74) is 1.54. The summed E-state index contributed by atoms with van der Waals surface area (Å²) >= 11 is 12.3. The third-order valence-corrected chi connectivity index (χ3v) is 4.08. The fraction of sp³-hybridized carbons (Fsp3) is 0.333. The van der Waals surface area contributed by atoms with Gasteiger partial charge in [0, 0.05) is 18.7 Å². The summed E-state index contributed by atoms with van der Waals surface area (Å²) in [6.07, 6.45) is -0.430. The molecule has 0 aliphatic carbocycles. The van der Waals surface area contributed by atoms with Gasteiger partial charge in [-0.2, -0.15) is 0 Å². The van der Waals surface area contributed by atoms with Gasteiger partial charge in [-0.25, -0.2) is 4.39 Å². The molecule has 0 aliphatic heterocycles. The van der Waals surface area contributed by atoms with E-state index in [-0.39, 0.29) is 11.6 Å². The minimum Gasteiger partial charge on any atom is -0.493 e. The molecule has 0 radical (unpaired) electrons. The monoisotopic (exact) mass is 387 g/mol. The summed E-state index contributed by atoms with van der Waals surface area (Å²) in [6.45, 7) is 2.85. The molecule has 2 N–H and O–H groups in total. The Morgan fingerprint density at radius 2 is 1.96 bits per heavy atom. The molecule has 0 aromatic heterocycles. The van der Waals surface area contributed by atoms with Gasteiger partial charge < -0.3 is 19.9 Å². The van der Waals surface area contributed by atoms with Crippen molar-refractivity contribution in [2.75, 3.05) is 13.7 Å². The number of methoxy groups -OCH3 is 1. The van der Waals surface area contributed by atoms with E-state index in [4.69, 9.17) is 32.7 Å². The third-order valence-electron chi connectivity index (χ3n) is 3.45. The Labute approximate surface area is 156 Å². The Balaban J connectivity index is 2.11. The van der Waals surface area contributed by atoms with E-state index in [1.807, 2.05) is 6.07 Å². The molecule has 2 aromatic carbocycles. The first-order chi connectivity index (χ1) is 11.9. The molecule has 0 saturated carbocycles. The summed E-state index contributed by atoms with van der Waals surface area (Å²) in [7, 11) is 1.52. The highest BCUT2D eigenvalue weighted by atomic mass is 35.5. The van der Waals surface area contributed by atoms with Crippen LogP contribution in [0.3, 0.4) is 0 Å². The number of aliphatic hydroxyl groups is 1. The summed E-state index contributed by atoms with van der Waals surface area (Å²) in [4.78, 5) is 0. The van der Waals surface area contributed by atoms with Crippen LogP contribution in [0.15, 0.2) is 30.3 Å². The smallest absolute Gasteiger partial charge is 0.180 e. The number of ether oxygens (including phenoxy) is 2. The molecule has 4 nitrogen and oxygen atoms in total. The van der Waals surface area contributed by atoms with Crippen LogP contribution >= 0.6 is 23.2 Å². The standard InChI is InChI=1S/C18H20Cl2FNO3/c1-11(23)8-22-9-12-5-16(20)18(17(6-12)24-2)25-10-13-3-4-14(21)7-15(13)19/h3-7,11,22-23H,8-10H2,1-2H3/t11-/m0/s1. The van der Waals surface area contributed by atoms with Crippen molar-refractivity contribution in [1.82, 2.24) is 5.32 Å². The first-order valence-corrected chi connectivity index (χ1v) is 8.48.